The number of halogens is 3. The first kappa shape index (κ1) is 13.3. The molecule has 92 valence electrons. The Labute approximate surface area is 97.2 Å². The van der Waals surface area contributed by atoms with E-state index < -0.39 is 11.7 Å². The van der Waals surface area contributed by atoms with Crippen molar-refractivity contribution in [1.29, 1.82) is 5.26 Å². The summed E-state index contributed by atoms with van der Waals surface area (Å²) in [6, 6.07) is 5.03. The van der Waals surface area contributed by atoms with Gasteiger partial charge in [0.2, 0.25) is 0 Å². The largest absolute Gasteiger partial charge is 0.417 e. The fourth-order valence-corrected chi connectivity index (χ4v) is 1.43. The first-order valence-electron chi connectivity index (χ1n) is 4.92. The van der Waals surface area contributed by atoms with E-state index in [0.29, 0.717) is 18.8 Å². The number of rotatable bonds is 3. The van der Waals surface area contributed by atoms with Gasteiger partial charge in [0.05, 0.1) is 17.2 Å². The molecular formula is C11H12F3N3. The Kier molecular flexibility index (Phi) is 3.97. The van der Waals surface area contributed by atoms with Gasteiger partial charge < -0.3 is 10.6 Å². The lowest BCUT2D eigenvalue weighted by Crippen LogP contribution is -2.25. The molecule has 3 nitrogen and oxygen atoms in total. The topological polar surface area (TPSA) is 53.0 Å². The van der Waals surface area contributed by atoms with E-state index >= 15 is 0 Å². The van der Waals surface area contributed by atoms with Gasteiger partial charge >= 0.3 is 6.18 Å². The summed E-state index contributed by atoms with van der Waals surface area (Å²) in [6.45, 7) is 0.898. The van der Waals surface area contributed by atoms with Crippen molar-refractivity contribution in [2.45, 2.75) is 6.18 Å². The number of nitrogens with two attached hydrogens (primary N) is 1. The predicted octanol–water partition coefficient (Wildman–Crippen LogP) is 1.97. The van der Waals surface area contributed by atoms with Crippen LogP contribution in [0.5, 0.6) is 0 Å². The lowest BCUT2D eigenvalue weighted by molar-refractivity contribution is -0.137. The summed E-state index contributed by atoms with van der Waals surface area (Å²) in [5, 5.41) is 8.72. The van der Waals surface area contributed by atoms with Crippen LogP contribution in [0.25, 0.3) is 0 Å². The molecule has 0 bridgehead atoms. The van der Waals surface area contributed by atoms with E-state index in [2.05, 4.69) is 0 Å². The van der Waals surface area contributed by atoms with Gasteiger partial charge in [0.15, 0.2) is 0 Å². The van der Waals surface area contributed by atoms with Crippen LogP contribution in [0, 0.1) is 11.3 Å². The van der Waals surface area contributed by atoms with Gasteiger partial charge in [-0.3, -0.25) is 0 Å². The number of hydrogen-bond acceptors (Lipinski definition) is 3. The second-order valence-electron chi connectivity index (χ2n) is 3.55. The Bertz CT molecular complexity index is 435. The maximum Gasteiger partial charge on any atom is 0.417 e. The van der Waals surface area contributed by atoms with Gasteiger partial charge in [-0.1, -0.05) is 0 Å². The summed E-state index contributed by atoms with van der Waals surface area (Å²) in [5.74, 6) is 0. The molecule has 1 aromatic carbocycles. The molecule has 1 aromatic rings. The van der Waals surface area contributed by atoms with Crippen LogP contribution in [0.4, 0.5) is 18.9 Å². The number of nitriles is 1. The summed E-state index contributed by atoms with van der Waals surface area (Å²) < 4.78 is 37.6. The van der Waals surface area contributed by atoms with Crippen molar-refractivity contribution < 1.29 is 13.2 Å². The minimum atomic E-state index is -4.50. The summed E-state index contributed by atoms with van der Waals surface area (Å²) in [5.41, 5.74) is 4.60. The first-order chi connectivity index (χ1) is 7.90. The lowest BCUT2D eigenvalue weighted by atomic mass is 10.1. The van der Waals surface area contributed by atoms with Crippen molar-refractivity contribution in [3.8, 4) is 6.07 Å². The maximum absolute atomic E-state index is 12.5. The molecule has 2 N–H and O–H groups in total. The monoisotopic (exact) mass is 243 g/mol. The SMILES string of the molecule is CN(CCN)c1ccc(C(F)(F)F)c(C#N)c1. The van der Waals surface area contributed by atoms with Gasteiger partial charge in [-0.05, 0) is 18.2 Å². The molecule has 17 heavy (non-hydrogen) atoms. The maximum atomic E-state index is 12.5. The van der Waals surface area contributed by atoms with Gasteiger partial charge in [0.25, 0.3) is 0 Å². The molecule has 0 heterocycles. The van der Waals surface area contributed by atoms with Crippen LogP contribution in [0.1, 0.15) is 11.1 Å². The highest BCUT2D eigenvalue weighted by Gasteiger charge is 2.33. The van der Waals surface area contributed by atoms with Crippen LogP contribution in [0.2, 0.25) is 0 Å². The third-order valence-electron chi connectivity index (χ3n) is 2.33. The molecule has 0 aromatic heterocycles. The van der Waals surface area contributed by atoms with Crippen LogP contribution in [0.3, 0.4) is 0 Å². The lowest BCUT2D eigenvalue weighted by Gasteiger charge is -2.19. The molecule has 0 aliphatic rings. The fourth-order valence-electron chi connectivity index (χ4n) is 1.43. The molecule has 0 aliphatic carbocycles. The standard InChI is InChI=1S/C11H12F3N3/c1-17(5-4-15)9-2-3-10(11(12,13)14)8(6-9)7-16/h2-3,6H,4-5,15H2,1H3. The summed E-state index contributed by atoms with van der Waals surface area (Å²) in [7, 11) is 1.70. The Hall–Kier alpha value is -1.74. The van der Waals surface area contributed by atoms with Crippen molar-refractivity contribution in [3.05, 3.63) is 29.3 Å². The molecule has 0 saturated heterocycles. The second kappa shape index (κ2) is 5.06. The van der Waals surface area contributed by atoms with Crippen LogP contribution in [0.15, 0.2) is 18.2 Å². The van der Waals surface area contributed by atoms with Crippen LogP contribution in [-0.4, -0.2) is 20.1 Å². The number of benzene rings is 1. The third-order valence-corrected chi connectivity index (χ3v) is 2.33. The average molecular weight is 243 g/mol. The van der Waals surface area contributed by atoms with Crippen LogP contribution >= 0.6 is 0 Å². The zero-order valence-corrected chi connectivity index (χ0v) is 9.25. The summed E-state index contributed by atoms with van der Waals surface area (Å²) in [4.78, 5) is 1.70. The van der Waals surface area contributed by atoms with E-state index in [1.165, 1.54) is 12.1 Å². The number of alkyl halides is 3. The number of hydrogen-bond donors (Lipinski definition) is 1. The van der Waals surface area contributed by atoms with Gasteiger partial charge in [-0.2, -0.15) is 18.4 Å². The van der Waals surface area contributed by atoms with E-state index in [1.807, 2.05) is 0 Å². The van der Waals surface area contributed by atoms with Crippen molar-refractivity contribution in [2.75, 3.05) is 25.0 Å². The van der Waals surface area contributed by atoms with E-state index in [9.17, 15) is 13.2 Å². The highest BCUT2D eigenvalue weighted by molar-refractivity contribution is 5.54. The molecule has 0 amide bonds. The van der Waals surface area contributed by atoms with E-state index in [4.69, 9.17) is 11.0 Å². The molecule has 6 heteroatoms. The summed E-state index contributed by atoms with van der Waals surface area (Å²) in [6.07, 6.45) is -4.50. The first-order valence-corrected chi connectivity index (χ1v) is 4.92. The van der Waals surface area contributed by atoms with Crippen molar-refractivity contribution in [2.24, 2.45) is 5.73 Å². The molecule has 1 rings (SSSR count). The number of likely N-dealkylation sites (N-methyl/N-ethyl adjacent to an activating group) is 1. The minimum absolute atomic E-state index is 0.376. The molecule has 0 unspecified atom stereocenters. The Morgan fingerprint density at radius 3 is 2.53 bits per heavy atom. The molecule has 0 atom stereocenters. The predicted molar refractivity (Wildman–Crippen MR) is 58.5 cm³/mol. The van der Waals surface area contributed by atoms with Crippen LogP contribution in [-0.2, 0) is 6.18 Å². The highest BCUT2D eigenvalue weighted by atomic mass is 19.4. The smallest absolute Gasteiger partial charge is 0.373 e. The Morgan fingerprint density at radius 2 is 2.06 bits per heavy atom. The Morgan fingerprint density at radius 1 is 1.41 bits per heavy atom. The van der Waals surface area contributed by atoms with Gasteiger partial charge in [0, 0.05) is 25.8 Å². The van der Waals surface area contributed by atoms with E-state index in [1.54, 1.807) is 18.0 Å². The quantitative estimate of drug-likeness (QED) is 0.883. The van der Waals surface area contributed by atoms with Gasteiger partial charge in [-0.25, -0.2) is 0 Å². The highest BCUT2D eigenvalue weighted by Crippen LogP contribution is 2.33. The minimum Gasteiger partial charge on any atom is -0.373 e. The molecule has 0 saturated carbocycles. The second-order valence-corrected chi connectivity index (χ2v) is 3.55. The van der Waals surface area contributed by atoms with E-state index in [-0.39, 0.29) is 5.56 Å². The molecular weight excluding hydrogens is 231 g/mol. The zero-order valence-electron chi connectivity index (χ0n) is 9.25. The fraction of sp³-hybridized carbons (Fsp3) is 0.364. The molecule has 0 aliphatic heterocycles. The average Bonchev–Trinajstić information content (AvgIpc) is 2.27. The number of anilines is 1. The zero-order chi connectivity index (χ0) is 13.1. The summed E-state index contributed by atoms with van der Waals surface area (Å²) >= 11 is 0. The number of nitrogens with zero attached hydrogens (tertiary/aromatic N) is 2. The van der Waals surface area contributed by atoms with Gasteiger partial charge in [0.1, 0.15) is 0 Å². The van der Waals surface area contributed by atoms with Crippen molar-refractivity contribution in [1.82, 2.24) is 0 Å². The molecule has 0 radical (unpaired) electrons. The van der Waals surface area contributed by atoms with Crippen molar-refractivity contribution >= 4 is 5.69 Å². The van der Waals surface area contributed by atoms with Crippen molar-refractivity contribution in [3.63, 3.8) is 0 Å². The van der Waals surface area contributed by atoms with Gasteiger partial charge in [-0.15, -0.1) is 0 Å². The third kappa shape index (κ3) is 3.11. The molecule has 0 spiro atoms. The normalized spacial score (nSPS) is 11.1. The van der Waals surface area contributed by atoms with Crippen LogP contribution < -0.4 is 10.6 Å². The Balaban J connectivity index is 3.15. The molecule has 0 fully saturated rings. The van der Waals surface area contributed by atoms with E-state index in [0.717, 1.165) is 6.07 Å².